The molecule has 0 bridgehead atoms. The van der Waals surface area contributed by atoms with Crippen molar-refractivity contribution in [3.8, 4) is 5.69 Å². The number of halogens is 2. The molecule has 0 unspecified atom stereocenters. The van der Waals surface area contributed by atoms with Gasteiger partial charge in [-0.15, -0.1) is 0 Å². The number of urea groups is 1. The number of anilines is 1. The smallest absolute Gasteiger partial charge is 0.319 e. The first-order valence-electron chi connectivity index (χ1n) is 11.7. The lowest BCUT2D eigenvalue weighted by Crippen LogP contribution is -2.28. The van der Waals surface area contributed by atoms with E-state index in [9.17, 15) is 13.6 Å². The van der Waals surface area contributed by atoms with Crippen LogP contribution in [0.3, 0.4) is 0 Å². The number of carbonyl (C=O) groups excluding carboxylic acids is 1. The van der Waals surface area contributed by atoms with Crippen LogP contribution in [0, 0.1) is 0 Å². The van der Waals surface area contributed by atoms with Gasteiger partial charge in [0.15, 0.2) is 0 Å². The van der Waals surface area contributed by atoms with E-state index >= 15 is 0 Å². The average Bonchev–Trinajstić information content (AvgIpc) is 3.42. The van der Waals surface area contributed by atoms with Crippen LogP contribution < -0.4 is 10.6 Å². The predicted octanol–water partition coefficient (Wildman–Crippen LogP) is 5.23. The highest BCUT2D eigenvalue weighted by Crippen LogP contribution is 2.29. The number of alkyl halides is 2. The standard InChI is InChI=1S/C27H27F2N5O/c28-27(29)12-15-33(19-27)14-11-21-18-34(25-6-2-1-5-24(21)25)23-9-7-22(8-10-23)32-26(35)31-17-20-4-3-13-30-16-20/h1-10,13,16,18H,11-12,14-15,17,19H2,(H2,31,32,35). The molecule has 5 rings (SSSR count). The quantitative estimate of drug-likeness (QED) is 0.385. The van der Waals surface area contributed by atoms with E-state index in [1.807, 2.05) is 53.4 Å². The summed E-state index contributed by atoms with van der Waals surface area (Å²) in [5.74, 6) is -2.57. The lowest BCUT2D eigenvalue weighted by atomic mass is 10.1. The molecule has 2 amide bonds. The maximum atomic E-state index is 13.6. The van der Waals surface area contributed by atoms with Crippen LogP contribution in [-0.4, -0.2) is 46.0 Å². The van der Waals surface area contributed by atoms with Crippen LogP contribution in [0.4, 0.5) is 19.3 Å². The van der Waals surface area contributed by atoms with Crippen LogP contribution >= 0.6 is 0 Å². The highest BCUT2D eigenvalue weighted by Gasteiger charge is 2.37. The first-order chi connectivity index (χ1) is 17.0. The third-order valence-corrected chi connectivity index (χ3v) is 6.32. The topological polar surface area (TPSA) is 62.2 Å². The lowest BCUT2D eigenvalue weighted by molar-refractivity contribution is 0.0123. The molecule has 0 radical (unpaired) electrons. The monoisotopic (exact) mass is 475 g/mol. The number of pyridine rings is 1. The van der Waals surface area contributed by atoms with E-state index in [-0.39, 0.29) is 19.0 Å². The maximum absolute atomic E-state index is 13.6. The molecule has 0 saturated carbocycles. The number of likely N-dealkylation sites (tertiary alicyclic amines) is 1. The minimum Gasteiger partial charge on any atom is -0.334 e. The van der Waals surface area contributed by atoms with E-state index in [0.717, 1.165) is 27.7 Å². The molecule has 1 aliphatic heterocycles. The molecule has 180 valence electrons. The molecule has 4 aromatic rings. The van der Waals surface area contributed by atoms with Crippen LogP contribution in [0.25, 0.3) is 16.6 Å². The Morgan fingerprint density at radius 3 is 2.63 bits per heavy atom. The Morgan fingerprint density at radius 1 is 1.06 bits per heavy atom. The molecule has 1 fully saturated rings. The minimum absolute atomic E-state index is 0.0589. The van der Waals surface area contributed by atoms with Gasteiger partial charge < -0.3 is 15.2 Å². The first-order valence-corrected chi connectivity index (χ1v) is 11.7. The van der Waals surface area contributed by atoms with Gasteiger partial charge in [-0.05, 0) is 53.9 Å². The Hall–Kier alpha value is -3.78. The first kappa shape index (κ1) is 23.0. The van der Waals surface area contributed by atoms with Crippen molar-refractivity contribution in [3.63, 3.8) is 0 Å². The molecule has 35 heavy (non-hydrogen) atoms. The van der Waals surface area contributed by atoms with Crippen LogP contribution in [0.1, 0.15) is 17.5 Å². The third kappa shape index (κ3) is 5.49. The zero-order valence-electron chi connectivity index (χ0n) is 19.3. The summed E-state index contributed by atoms with van der Waals surface area (Å²) >= 11 is 0. The molecule has 3 heterocycles. The number of aromatic nitrogens is 2. The van der Waals surface area contributed by atoms with Crippen molar-refractivity contribution in [2.75, 3.05) is 25.0 Å². The lowest BCUT2D eigenvalue weighted by Gasteiger charge is -2.14. The average molecular weight is 476 g/mol. The van der Waals surface area contributed by atoms with Crippen LogP contribution in [0.2, 0.25) is 0 Å². The van der Waals surface area contributed by atoms with Gasteiger partial charge in [0, 0.05) is 61.4 Å². The highest BCUT2D eigenvalue weighted by molar-refractivity contribution is 5.89. The third-order valence-electron chi connectivity index (χ3n) is 6.32. The summed E-state index contributed by atoms with van der Waals surface area (Å²) in [4.78, 5) is 18.1. The van der Waals surface area contributed by atoms with Gasteiger partial charge in [-0.25, -0.2) is 13.6 Å². The van der Waals surface area contributed by atoms with Crippen LogP contribution in [0.5, 0.6) is 0 Å². The zero-order valence-corrected chi connectivity index (χ0v) is 19.3. The Balaban J connectivity index is 1.26. The SMILES string of the molecule is O=C(NCc1cccnc1)Nc1ccc(-n2cc(CCN3CCC(F)(F)C3)c3ccccc32)cc1. The number of amides is 2. The fourth-order valence-electron chi connectivity index (χ4n) is 4.51. The summed E-state index contributed by atoms with van der Waals surface area (Å²) in [5.41, 5.74) is 4.76. The normalized spacial score (nSPS) is 15.4. The fourth-order valence-corrected chi connectivity index (χ4v) is 4.51. The summed E-state index contributed by atoms with van der Waals surface area (Å²) in [6, 6.07) is 19.2. The summed E-state index contributed by atoms with van der Waals surface area (Å²) in [6.45, 7) is 1.29. The molecule has 1 aliphatic rings. The van der Waals surface area contributed by atoms with Gasteiger partial charge in [0.25, 0.3) is 5.92 Å². The second kappa shape index (κ2) is 9.84. The van der Waals surface area contributed by atoms with Crippen molar-refractivity contribution in [2.45, 2.75) is 25.3 Å². The summed E-state index contributed by atoms with van der Waals surface area (Å²) in [7, 11) is 0. The van der Waals surface area contributed by atoms with Crippen molar-refractivity contribution in [1.82, 2.24) is 19.8 Å². The molecular weight excluding hydrogens is 448 g/mol. The molecule has 0 aliphatic carbocycles. The number of para-hydroxylation sites is 1. The summed E-state index contributed by atoms with van der Waals surface area (Å²) in [6.07, 6.45) is 6.14. The Labute approximate surface area is 202 Å². The number of rotatable bonds is 7. The molecule has 2 aromatic carbocycles. The number of hydrogen-bond acceptors (Lipinski definition) is 3. The molecule has 0 atom stereocenters. The van der Waals surface area contributed by atoms with Gasteiger partial charge in [0.2, 0.25) is 0 Å². The number of fused-ring (bicyclic) bond motifs is 1. The van der Waals surface area contributed by atoms with Crippen molar-refractivity contribution < 1.29 is 13.6 Å². The van der Waals surface area contributed by atoms with Gasteiger partial charge in [-0.1, -0.05) is 24.3 Å². The van der Waals surface area contributed by atoms with E-state index in [4.69, 9.17) is 0 Å². The Bertz CT molecular complexity index is 1300. The number of benzene rings is 2. The predicted molar refractivity (Wildman–Crippen MR) is 133 cm³/mol. The summed E-state index contributed by atoms with van der Waals surface area (Å²) < 4.78 is 29.2. The van der Waals surface area contributed by atoms with E-state index < -0.39 is 5.92 Å². The van der Waals surface area contributed by atoms with Gasteiger partial charge in [-0.2, -0.15) is 0 Å². The van der Waals surface area contributed by atoms with E-state index in [0.29, 0.717) is 31.7 Å². The van der Waals surface area contributed by atoms with Crippen molar-refractivity contribution in [3.05, 3.63) is 90.4 Å². The van der Waals surface area contributed by atoms with Gasteiger partial charge in [-0.3, -0.25) is 9.88 Å². The number of nitrogens with one attached hydrogen (secondary N) is 2. The molecule has 6 nitrogen and oxygen atoms in total. The van der Waals surface area contributed by atoms with Gasteiger partial charge in [0.1, 0.15) is 0 Å². The molecule has 1 saturated heterocycles. The number of hydrogen-bond donors (Lipinski definition) is 2. The van der Waals surface area contributed by atoms with E-state index in [1.54, 1.807) is 12.4 Å². The maximum Gasteiger partial charge on any atom is 0.319 e. The van der Waals surface area contributed by atoms with E-state index in [2.05, 4.69) is 38.5 Å². The minimum atomic E-state index is -2.57. The number of nitrogens with zero attached hydrogens (tertiary/aromatic N) is 3. The molecule has 2 aromatic heterocycles. The largest absolute Gasteiger partial charge is 0.334 e. The van der Waals surface area contributed by atoms with Crippen molar-refractivity contribution in [1.29, 1.82) is 0 Å². The fraction of sp³-hybridized carbons (Fsp3) is 0.259. The van der Waals surface area contributed by atoms with E-state index in [1.165, 1.54) is 0 Å². The number of carbonyl (C=O) groups is 1. The second-order valence-electron chi connectivity index (χ2n) is 8.89. The summed E-state index contributed by atoms with van der Waals surface area (Å²) in [5, 5.41) is 6.78. The Morgan fingerprint density at radius 2 is 1.89 bits per heavy atom. The van der Waals surface area contributed by atoms with Crippen molar-refractivity contribution >= 4 is 22.6 Å². The van der Waals surface area contributed by atoms with Gasteiger partial charge in [0.05, 0.1) is 12.1 Å². The molecule has 2 N–H and O–H groups in total. The Kier molecular flexibility index (Phi) is 6.46. The zero-order chi connectivity index (χ0) is 24.3. The molecule has 8 heteroatoms. The van der Waals surface area contributed by atoms with Crippen molar-refractivity contribution in [2.24, 2.45) is 0 Å². The molecule has 0 spiro atoms. The van der Waals surface area contributed by atoms with Gasteiger partial charge >= 0.3 is 6.03 Å². The molecular formula is C27H27F2N5O. The highest BCUT2D eigenvalue weighted by atomic mass is 19.3. The van der Waals surface area contributed by atoms with Crippen LogP contribution in [0.15, 0.2) is 79.3 Å². The van der Waals surface area contributed by atoms with Crippen LogP contribution in [-0.2, 0) is 13.0 Å². The second-order valence-corrected chi connectivity index (χ2v) is 8.89.